The van der Waals surface area contributed by atoms with Gasteiger partial charge in [0.1, 0.15) is 10.7 Å². The number of hydrogen-bond donors (Lipinski definition) is 2. The van der Waals surface area contributed by atoms with Gasteiger partial charge in [0.2, 0.25) is 0 Å². The molecule has 1 heterocycles. The van der Waals surface area contributed by atoms with Crippen LogP contribution in [-0.4, -0.2) is 20.4 Å². The molecule has 7 heteroatoms. The van der Waals surface area contributed by atoms with Crippen molar-refractivity contribution in [3.8, 4) is 0 Å². The molecular weight excluding hydrogens is 354 g/mol. The summed E-state index contributed by atoms with van der Waals surface area (Å²) in [4.78, 5) is 4.15. The van der Waals surface area contributed by atoms with Crippen LogP contribution < -0.4 is 10.0 Å². The molecule has 2 aromatic rings. The summed E-state index contributed by atoms with van der Waals surface area (Å²) in [5.41, 5.74) is 1.67. The first-order chi connectivity index (χ1) is 9.96. The third kappa shape index (κ3) is 3.74. The van der Waals surface area contributed by atoms with Crippen molar-refractivity contribution in [1.82, 2.24) is 4.98 Å². The molecule has 0 saturated heterocycles. The largest absolute Gasteiger partial charge is 0.372 e. The van der Waals surface area contributed by atoms with Crippen LogP contribution in [0, 0.1) is 0 Å². The van der Waals surface area contributed by atoms with Gasteiger partial charge in [-0.1, -0.05) is 19.1 Å². The van der Waals surface area contributed by atoms with E-state index in [2.05, 4.69) is 31.0 Å². The van der Waals surface area contributed by atoms with Gasteiger partial charge in [-0.05, 0) is 46.1 Å². The van der Waals surface area contributed by atoms with Crippen LogP contribution in [0.5, 0.6) is 0 Å². The molecule has 21 heavy (non-hydrogen) atoms. The zero-order chi connectivity index (χ0) is 15.5. The third-order valence-corrected chi connectivity index (χ3v) is 4.79. The lowest BCUT2D eigenvalue weighted by Gasteiger charge is -2.12. The average Bonchev–Trinajstić information content (AvgIpc) is 2.47. The van der Waals surface area contributed by atoms with Crippen LogP contribution in [0.1, 0.15) is 12.5 Å². The summed E-state index contributed by atoms with van der Waals surface area (Å²) < 4.78 is 28.1. The van der Waals surface area contributed by atoms with Crippen molar-refractivity contribution in [1.29, 1.82) is 0 Å². The number of rotatable bonds is 5. The molecule has 0 amide bonds. The van der Waals surface area contributed by atoms with Crippen LogP contribution in [0.25, 0.3) is 0 Å². The molecule has 0 bridgehead atoms. The molecule has 0 fully saturated rings. The van der Waals surface area contributed by atoms with Gasteiger partial charge < -0.3 is 5.32 Å². The Kier molecular flexibility index (Phi) is 4.84. The SMILES string of the molecule is CCc1ccc(NS(=O)(=O)c2cc(Br)cnc2NC)cc1. The molecule has 2 rings (SSSR count). The van der Waals surface area contributed by atoms with Crippen LogP contribution in [0.15, 0.2) is 45.9 Å². The molecule has 5 nitrogen and oxygen atoms in total. The van der Waals surface area contributed by atoms with Crippen molar-refractivity contribution >= 4 is 37.5 Å². The van der Waals surface area contributed by atoms with E-state index in [4.69, 9.17) is 0 Å². The molecule has 0 aliphatic carbocycles. The number of pyridine rings is 1. The van der Waals surface area contributed by atoms with Crippen molar-refractivity contribution in [2.45, 2.75) is 18.2 Å². The van der Waals surface area contributed by atoms with Crippen molar-refractivity contribution in [2.75, 3.05) is 17.1 Å². The fourth-order valence-electron chi connectivity index (χ4n) is 1.83. The van der Waals surface area contributed by atoms with E-state index in [1.807, 2.05) is 19.1 Å². The number of aryl methyl sites for hydroxylation is 1. The molecule has 112 valence electrons. The summed E-state index contributed by atoms with van der Waals surface area (Å²) >= 11 is 3.24. The Morgan fingerprint density at radius 3 is 2.48 bits per heavy atom. The first-order valence-electron chi connectivity index (χ1n) is 6.41. The maximum absolute atomic E-state index is 12.5. The number of aromatic nitrogens is 1. The van der Waals surface area contributed by atoms with Gasteiger partial charge >= 0.3 is 0 Å². The predicted octanol–water partition coefficient (Wildman–Crippen LogP) is 3.25. The Morgan fingerprint density at radius 2 is 1.90 bits per heavy atom. The van der Waals surface area contributed by atoms with E-state index < -0.39 is 10.0 Å². The van der Waals surface area contributed by atoms with Crippen molar-refractivity contribution in [3.63, 3.8) is 0 Å². The Balaban J connectivity index is 2.35. The highest BCUT2D eigenvalue weighted by Gasteiger charge is 2.20. The van der Waals surface area contributed by atoms with Gasteiger partial charge in [0.05, 0.1) is 0 Å². The first-order valence-corrected chi connectivity index (χ1v) is 8.69. The van der Waals surface area contributed by atoms with Crippen molar-refractivity contribution < 1.29 is 8.42 Å². The molecule has 1 aromatic carbocycles. The summed E-state index contributed by atoms with van der Waals surface area (Å²) in [7, 11) is -2.07. The van der Waals surface area contributed by atoms with E-state index in [9.17, 15) is 8.42 Å². The Labute approximate surface area is 133 Å². The number of benzene rings is 1. The van der Waals surface area contributed by atoms with Gasteiger partial charge in [-0.25, -0.2) is 13.4 Å². The topological polar surface area (TPSA) is 71.1 Å². The highest BCUT2D eigenvalue weighted by molar-refractivity contribution is 9.10. The van der Waals surface area contributed by atoms with Crippen LogP contribution in [-0.2, 0) is 16.4 Å². The minimum absolute atomic E-state index is 0.0962. The second kappa shape index (κ2) is 6.44. The second-order valence-electron chi connectivity index (χ2n) is 4.41. The highest BCUT2D eigenvalue weighted by atomic mass is 79.9. The Morgan fingerprint density at radius 1 is 1.24 bits per heavy atom. The molecule has 0 aliphatic heterocycles. The minimum Gasteiger partial charge on any atom is -0.372 e. The first kappa shape index (κ1) is 15.8. The van der Waals surface area contributed by atoms with Gasteiger partial charge in [-0.2, -0.15) is 0 Å². The molecule has 0 saturated carbocycles. The van der Waals surface area contributed by atoms with Crippen LogP contribution in [0.2, 0.25) is 0 Å². The molecule has 1 aromatic heterocycles. The normalized spacial score (nSPS) is 11.2. The summed E-state index contributed by atoms with van der Waals surface area (Å²) in [6.45, 7) is 2.05. The smallest absolute Gasteiger partial charge is 0.265 e. The zero-order valence-corrected chi connectivity index (χ0v) is 14.1. The van der Waals surface area contributed by atoms with E-state index in [1.165, 1.54) is 6.07 Å². The maximum Gasteiger partial charge on any atom is 0.265 e. The van der Waals surface area contributed by atoms with E-state index in [1.54, 1.807) is 25.4 Å². The summed E-state index contributed by atoms with van der Waals surface area (Å²) in [5.74, 6) is 0.302. The standard InChI is InChI=1S/C14H16BrN3O2S/c1-3-10-4-6-12(7-5-10)18-21(19,20)13-8-11(15)9-17-14(13)16-2/h4-9,18H,3H2,1-2H3,(H,16,17). The third-order valence-electron chi connectivity index (χ3n) is 2.96. The summed E-state index contributed by atoms with van der Waals surface area (Å²) in [6.07, 6.45) is 2.45. The molecule has 0 unspecified atom stereocenters. The predicted molar refractivity (Wildman–Crippen MR) is 88.1 cm³/mol. The van der Waals surface area contributed by atoms with Gasteiger partial charge in [-0.3, -0.25) is 4.72 Å². The molecule has 2 N–H and O–H groups in total. The number of hydrogen-bond acceptors (Lipinski definition) is 4. The lowest BCUT2D eigenvalue weighted by Crippen LogP contribution is -2.15. The summed E-state index contributed by atoms with van der Waals surface area (Å²) in [6, 6.07) is 8.81. The molecule has 0 spiro atoms. The van der Waals surface area contributed by atoms with Gasteiger partial charge in [-0.15, -0.1) is 0 Å². The van der Waals surface area contributed by atoms with Crippen LogP contribution >= 0.6 is 15.9 Å². The molecular formula is C14H16BrN3O2S. The van der Waals surface area contributed by atoms with Crippen LogP contribution in [0.4, 0.5) is 11.5 Å². The quantitative estimate of drug-likeness (QED) is 0.848. The molecule has 0 aliphatic rings. The van der Waals surface area contributed by atoms with Gasteiger partial charge in [0, 0.05) is 23.4 Å². The molecule has 0 atom stereocenters. The number of halogens is 1. The lowest BCUT2D eigenvalue weighted by molar-refractivity contribution is 0.601. The monoisotopic (exact) mass is 369 g/mol. The second-order valence-corrected chi connectivity index (χ2v) is 6.97. The van der Waals surface area contributed by atoms with E-state index in [0.29, 0.717) is 16.0 Å². The minimum atomic E-state index is -3.70. The van der Waals surface area contributed by atoms with E-state index in [-0.39, 0.29) is 4.90 Å². The van der Waals surface area contributed by atoms with Gasteiger partial charge in [0.25, 0.3) is 10.0 Å². The van der Waals surface area contributed by atoms with E-state index >= 15 is 0 Å². The number of anilines is 2. The Bertz CT molecular complexity index is 730. The van der Waals surface area contributed by atoms with Crippen molar-refractivity contribution in [2.24, 2.45) is 0 Å². The Hall–Kier alpha value is -1.60. The van der Waals surface area contributed by atoms with Crippen LogP contribution in [0.3, 0.4) is 0 Å². The number of nitrogens with zero attached hydrogens (tertiary/aromatic N) is 1. The maximum atomic E-state index is 12.5. The zero-order valence-electron chi connectivity index (χ0n) is 11.7. The van der Waals surface area contributed by atoms with Gasteiger partial charge in [0.15, 0.2) is 0 Å². The highest BCUT2D eigenvalue weighted by Crippen LogP contribution is 2.25. The van der Waals surface area contributed by atoms with Crippen molar-refractivity contribution in [3.05, 3.63) is 46.6 Å². The lowest BCUT2D eigenvalue weighted by atomic mass is 10.2. The fourth-order valence-corrected chi connectivity index (χ4v) is 3.56. The fraction of sp³-hybridized carbons (Fsp3) is 0.214. The number of nitrogens with one attached hydrogen (secondary N) is 2. The molecule has 0 radical (unpaired) electrons. The van der Waals surface area contributed by atoms with E-state index in [0.717, 1.165) is 12.0 Å². The number of sulfonamides is 1. The average molecular weight is 370 g/mol. The summed E-state index contributed by atoms with van der Waals surface area (Å²) in [5, 5.41) is 2.78.